The third kappa shape index (κ3) is 5.80. The van der Waals surface area contributed by atoms with E-state index < -0.39 is 0 Å². The van der Waals surface area contributed by atoms with Crippen molar-refractivity contribution in [3.63, 3.8) is 0 Å². The minimum atomic E-state index is 0.0595. The van der Waals surface area contributed by atoms with E-state index in [0.717, 1.165) is 25.3 Å². The molecule has 18 heavy (non-hydrogen) atoms. The normalized spacial score (nSPS) is 10.7. The number of hydrogen-bond acceptors (Lipinski definition) is 3. The number of nitrogens with zero attached hydrogens (tertiary/aromatic N) is 1. The predicted molar refractivity (Wildman–Crippen MR) is 75.6 cm³/mol. The number of carbonyl (C=O) groups excluding carboxylic acids is 1. The molecule has 0 aromatic heterocycles. The van der Waals surface area contributed by atoms with E-state index in [2.05, 4.69) is 23.6 Å². The third-order valence-electron chi connectivity index (χ3n) is 2.58. The second-order valence-electron chi connectivity index (χ2n) is 4.58. The van der Waals surface area contributed by atoms with Crippen LogP contribution in [0.4, 0.5) is 5.69 Å². The maximum atomic E-state index is 11.7. The predicted octanol–water partition coefficient (Wildman–Crippen LogP) is 1.69. The molecule has 4 heteroatoms. The average Bonchev–Trinajstić information content (AvgIpc) is 2.34. The fourth-order valence-corrected chi connectivity index (χ4v) is 1.58. The molecule has 0 atom stereocenters. The van der Waals surface area contributed by atoms with Gasteiger partial charge >= 0.3 is 0 Å². The van der Waals surface area contributed by atoms with E-state index in [1.807, 2.05) is 37.2 Å². The first-order chi connectivity index (χ1) is 8.61. The smallest absolute Gasteiger partial charge is 0.225 e. The van der Waals surface area contributed by atoms with Gasteiger partial charge in [0.1, 0.15) is 0 Å². The van der Waals surface area contributed by atoms with Gasteiger partial charge in [-0.2, -0.15) is 0 Å². The summed E-state index contributed by atoms with van der Waals surface area (Å²) in [5, 5.41) is 6.19. The first kappa shape index (κ1) is 14.7. The van der Waals surface area contributed by atoms with E-state index in [1.165, 1.54) is 5.56 Å². The Bertz CT molecular complexity index is 377. The molecule has 100 valence electrons. The summed E-state index contributed by atoms with van der Waals surface area (Å²) in [5.74, 6) is 0.0595. The van der Waals surface area contributed by atoms with Gasteiger partial charge in [-0.3, -0.25) is 4.79 Å². The molecule has 2 N–H and O–H groups in total. The molecule has 0 spiro atoms. The Morgan fingerprint density at radius 3 is 2.78 bits per heavy atom. The number of amides is 1. The van der Waals surface area contributed by atoms with Crippen LogP contribution >= 0.6 is 0 Å². The molecule has 0 aliphatic carbocycles. The van der Waals surface area contributed by atoms with Crippen molar-refractivity contribution >= 4 is 11.6 Å². The lowest BCUT2D eigenvalue weighted by Crippen LogP contribution is -2.21. The van der Waals surface area contributed by atoms with Crippen LogP contribution in [0.1, 0.15) is 18.9 Å². The minimum absolute atomic E-state index is 0.0595. The Hall–Kier alpha value is -1.39. The van der Waals surface area contributed by atoms with Crippen LogP contribution in [0, 0.1) is 0 Å². The van der Waals surface area contributed by atoms with Gasteiger partial charge in [0.25, 0.3) is 0 Å². The topological polar surface area (TPSA) is 44.4 Å². The zero-order valence-corrected chi connectivity index (χ0v) is 11.5. The summed E-state index contributed by atoms with van der Waals surface area (Å²) in [6, 6.07) is 7.95. The van der Waals surface area contributed by atoms with Crippen LogP contribution in [-0.4, -0.2) is 38.0 Å². The molecule has 0 fully saturated rings. The van der Waals surface area contributed by atoms with Crippen LogP contribution in [0.25, 0.3) is 0 Å². The van der Waals surface area contributed by atoms with E-state index in [-0.39, 0.29) is 5.91 Å². The number of benzene rings is 1. The van der Waals surface area contributed by atoms with E-state index in [9.17, 15) is 4.79 Å². The molecule has 1 aromatic rings. The van der Waals surface area contributed by atoms with Crippen molar-refractivity contribution in [2.24, 2.45) is 0 Å². The Morgan fingerprint density at radius 1 is 1.33 bits per heavy atom. The van der Waals surface area contributed by atoms with Gasteiger partial charge in [0, 0.05) is 25.2 Å². The minimum Gasteiger partial charge on any atom is -0.326 e. The van der Waals surface area contributed by atoms with Crippen molar-refractivity contribution in [3.8, 4) is 0 Å². The lowest BCUT2D eigenvalue weighted by molar-refractivity contribution is -0.116. The number of hydrogen-bond donors (Lipinski definition) is 2. The summed E-state index contributed by atoms with van der Waals surface area (Å²) in [6.07, 6.45) is 0.518. The average molecular weight is 249 g/mol. The van der Waals surface area contributed by atoms with Crippen molar-refractivity contribution in [1.29, 1.82) is 0 Å². The van der Waals surface area contributed by atoms with Gasteiger partial charge in [0.15, 0.2) is 0 Å². The number of carbonyl (C=O) groups is 1. The molecule has 0 aliphatic heterocycles. The van der Waals surface area contributed by atoms with Gasteiger partial charge < -0.3 is 15.5 Å². The van der Waals surface area contributed by atoms with Crippen molar-refractivity contribution in [2.45, 2.75) is 19.9 Å². The summed E-state index contributed by atoms with van der Waals surface area (Å²) < 4.78 is 0. The molecule has 0 bridgehead atoms. The molecule has 0 aliphatic rings. The Kier molecular flexibility index (Phi) is 6.39. The summed E-state index contributed by atoms with van der Waals surface area (Å²) in [5.41, 5.74) is 2.05. The maximum absolute atomic E-state index is 11.7. The van der Waals surface area contributed by atoms with Gasteiger partial charge in [-0.05, 0) is 38.3 Å². The van der Waals surface area contributed by atoms with E-state index in [1.54, 1.807) is 0 Å². The number of nitrogens with one attached hydrogen (secondary N) is 2. The van der Waals surface area contributed by atoms with Crippen molar-refractivity contribution < 1.29 is 4.79 Å². The zero-order chi connectivity index (χ0) is 13.4. The Labute approximate surface area is 109 Å². The first-order valence-electron chi connectivity index (χ1n) is 6.36. The molecule has 0 unspecified atom stereocenters. The third-order valence-corrected chi connectivity index (χ3v) is 2.58. The fourth-order valence-electron chi connectivity index (χ4n) is 1.58. The summed E-state index contributed by atoms with van der Waals surface area (Å²) in [4.78, 5) is 13.7. The summed E-state index contributed by atoms with van der Waals surface area (Å²) in [7, 11) is 3.93. The van der Waals surface area contributed by atoms with Gasteiger partial charge in [0.05, 0.1) is 0 Å². The van der Waals surface area contributed by atoms with Crippen LogP contribution in [0.3, 0.4) is 0 Å². The highest BCUT2D eigenvalue weighted by Crippen LogP contribution is 2.10. The van der Waals surface area contributed by atoms with Crippen LogP contribution in [0.15, 0.2) is 24.3 Å². The molecule has 4 nitrogen and oxygen atoms in total. The van der Waals surface area contributed by atoms with Gasteiger partial charge in [-0.25, -0.2) is 0 Å². The van der Waals surface area contributed by atoms with Crippen molar-refractivity contribution in [2.75, 3.05) is 32.5 Å². The lowest BCUT2D eigenvalue weighted by Gasteiger charge is -2.10. The first-order valence-corrected chi connectivity index (χ1v) is 6.36. The monoisotopic (exact) mass is 249 g/mol. The highest BCUT2D eigenvalue weighted by molar-refractivity contribution is 5.90. The summed E-state index contributed by atoms with van der Waals surface area (Å²) >= 11 is 0. The fraction of sp³-hybridized carbons (Fsp3) is 0.500. The van der Waals surface area contributed by atoms with Crippen LogP contribution in [0.5, 0.6) is 0 Å². The zero-order valence-electron chi connectivity index (χ0n) is 11.5. The number of anilines is 1. The molecule has 1 rings (SSSR count). The second kappa shape index (κ2) is 7.84. The lowest BCUT2D eigenvalue weighted by atomic mass is 10.2. The summed E-state index contributed by atoms with van der Waals surface area (Å²) in [6.45, 7) is 4.62. The van der Waals surface area contributed by atoms with Gasteiger partial charge in [-0.15, -0.1) is 0 Å². The highest BCUT2D eigenvalue weighted by atomic mass is 16.1. The van der Waals surface area contributed by atoms with Crippen LogP contribution < -0.4 is 10.6 Å². The van der Waals surface area contributed by atoms with Crippen molar-refractivity contribution in [1.82, 2.24) is 10.2 Å². The standard InChI is InChI=1S/C14H23N3O/c1-4-15-11-12-6-5-7-13(10-12)16-14(18)8-9-17(2)3/h5-7,10,15H,4,8-9,11H2,1-3H3,(H,16,18). The molecule has 0 saturated heterocycles. The van der Waals surface area contributed by atoms with Gasteiger partial charge in [-0.1, -0.05) is 19.1 Å². The van der Waals surface area contributed by atoms with Crippen LogP contribution in [-0.2, 0) is 11.3 Å². The highest BCUT2D eigenvalue weighted by Gasteiger charge is 2.03. The Morgan fingerprint density at radius 2 is 2.11 bits per heavy atom. The quantitative estimate of drug-likeness (QED) is 0.773. The Balaban J connectivity index is 2.48. The van der Waals surface area contributed by atoms with Crippen LogP contribution in [0.2, 0.25) is 0 Å². The maximum Gasteiger partial charge on any atom is 0.225 e. The van der Waals surface area contributed by atoms with E-state index in [4.69, 9.17) is 0 Å². The number of rotatable bonds is 7. The molecular weight excluding hydrogens is 226 g/mol. The molecule has 1 amide bonds. The van der Waals surface area contributed by atoms with E-state index in [0.29, 0.717) is 6.42 Å². The second-order valence-corrected chi connectivity index (χ2v) is 4.58. The molecule has 0 radical (unpaired) electrons. The molecule has 0 saturated carbocycles. The SMILES string of the molecule is CCNCc1cccc(NC(=O)CCN(C)C)c1. The molecule has 1 aromatic carbocycles. The molecular formula is C14H23N3O. The molecule has 0 heterocycles. The van der Waals surface area contributed by atoms with E-state index >= 15 is 0 Å². The van der Waals surface area contributed by atoms with Crippen molar-refractivity contribution in [3.05, 3.63) is 29.8 Å². The van der Waals surface area contributed by atoms with Gasteiger partial charge in [0.2, 0.25) is 5.91 Å². The largest absolute Gasteiger partial charge is 0.326 e.